The van der Waals surface area contributed by atoms with Crippen molar-refractivity contribution in [1.29, 1.82) is 5.26 Å². The molecular formula is C17H14ClFN4O2S. The number of hydrogen-bond acceptors (Lipinski definition) is 5. The number of benzene rings is 1. The molecule has 0 fully saturated rings. The molecule has 26 heavy (non-hydrogen) atoms. The number of nitriles is 1. The van der Waals surface area contributed by atoms with Crippen molar-refractivity contribution in [2.24, 2.45) is 0 Å². The van der Waals surface area contributed by atoms with Crippen molar-refractivity contribution < 1.29 is 14.0 Å². The molecule has 0 aliphatic carbocycles. The summed E-state index contributed by atoms with van der Waals surface area (Å²) in [6, 6.07) is 5.49. The minimum absolute atomic E-state index is 0.140. The minimum Gasteiger partial charge on any atom is -0.321 e. The summed E-state index contributed by atoms with van der Waals surface area (Å²) in [6.07, 6.45) is 1.31. The zero-order valence-electron chi connectivity index (χ0n) is 13.9. The predicted octanol–water partition coefficient (Wildman–Crippen LogP) is 3.85. The van der Waals surface area contributed by atoms with Gasteiger partial charge >= 0.3 is 0 Å². The summed E-state index contributed by atoms with van der Waals surface area (Å²) in [5.74, 6) is -1.44. The molecule has 1 heterocycles. The zero-order chi connectivity index (χ0) is 19.3. The van der Waals surface area contributed by atoms with E-state index in [1.807, 2.05) is 6.92 Å². The van der Waals surface area contributed by atoms with Crippen molar-refractivity contribution in [2.45, 2.75) is 13.8 Å². The van der Waals surface area contributed by atoms with Gasteiger partial charge in [-0.1, -0.05) is 11.6 Å². The number of carbonyl (C=O) groups excluding carboxylic acids is 2. The number of rotatable bonds is 5. The van der Waals surface area contributed by atoms with Crippen LogP contribution in [-0.2, 0) is 9.59 Å². The summed E-state index contributed by atoms with van der Waals surface area (Å²) >= 11 is 6.90. The van der Waals surface area contributed by atoms with Crippen LogP contribution in [0.5, 0.6) is 0 Å². The predicted molar refractivity (Wildman–Crippen MR) is 99.4 cm³/mol. The highest BCUT2D eigenvalue weighted by molar-refractivity contribution is 7.14. The second-order valence-corrected chi connectivity index (χ2v) is 6.31. The van der Waals surface area contributed by atoms with Gasteiger partial charge in [-0.15, -0.1) is 11.3 Å². The van der Waals surface area contributed by atoms with E-state index in [1.54, 1.807) is 11.4 Å². The summed E-state index contributed by atoms with van der Waals surface area (Å²) in [7, 11) is 0. The van der Waals surface area contributed by atoms with Gasteiger partial charge in [-0.25, -0.2) is 9.37 Å². The van der Waals surface area contributed by atoms with E-state index in [2.05, 4.69) is 10.3 Å². The molecule has 1 aromatic heterocycles. The Morgan fingerprint density at radius 3 is 2.81 bits per heavy atom. The van der Waals surface area contributed by atoms with Gasteiger partial charge < -0.3 is 5.32 Å². The third-order valence-electron chi connectivity index (χ3n) is 3.27. The summed E-state index contributed by atoms with van der Waals surface area (Å²) in [4.78, 5) is 29.5. The van der Waals surface area contributed by atoms with Crippen LogP contribution in [0.2, 0.25) is 5.02 Å². The number of hydrogen-bond donors (Lipinski definition) is 1. The van der Waals surface area contributed by atoms with E-state index in [1.165, 1.54) is 41.4 Å². The van der Waals surface area contributed by atoms with Crippen molar-refractivity contribution >= 4 is 51.6 Å². The summed E-state index contributed by atoms with van der Waals surface area (Å²) in [5, 5.41) is 13.7. The highest BCUT2D eigenvalue weighted by Gasteiger charge is 2.15. The largest absolute Gasteiger partial charge is 0.321 e. The van der Waals surface area contributed by atoms with E-state index in [0.717, 1.165) is 6.07 Å². The Morgan fingerprint density at radius 1 is 1.50 bits per heavy atom. The van der Waals surface area contributed by atoms with Crippen molar-refractivity contribution in [2.75, 3.05) is 16.8 Å². The Balaban J connectivity index is 2.20. The first kappa shape index (κ1) is 19.6. The Bertz CT molecular complexity index is 920. The third-order valence-corrected chi connectivity index (χ3v) is 4.44. The molecular weight excluding hydrogens is 379 g/mol. The van der Waals surface area contributed by atoms with Gasteiger partial charge in [0.25, 0.3) is 5.91 Å². The standard InChI is InChI=1S/C17H14ClFN4O2S/c1-3-23(10(2)24)17-22-13(9-26-17)6-11(8-20)16(25)21-12-4-5-15(19)14(18)7-12/h4-7,9H,3H2,1-2H3,(H,21,25)/b11-6+. The number of aromatic nitrogens is 1. The average Bonchev–Trinajstić information content (AvgIpc) is 3.04. The molecule has 0 aliphatic heterocycles. The van der Waals surface area contributed by atoms with E-state index in [4.69, 9.17) is 11.6 Å². The molecule has 2 amide bonds. The molecule has 0 saturated heterocycles. The molecule has 2 rings (SSSR count). The van der Waals surface area contributed by atoms with Crippen LogP contribution in [0.25, 0.3) is 6.08 Å². The maximum Gasteiger partial charge on any atom is 0.266 e. The Hall–Kier alpha value is -2.76. The molecule has 1 N–H and O–H groups in total. The number of carbonyl (C=O) groups is 2. The van der Waals surface area contributed by atoms with E-state index < -0.39 is 11.7 Å². The molecule has 1 aromatic carbocycles. The van der Waals surface area contributed by atoms with Gasteiger partial charge in [-0.2, -0.15) is 5.26 Å². The van der Waals surface area contributed by atoms with Gasteiger partial charge in [-0.05, 0) is 31.2 Å². The highest BCUT2D eigenvalue weighted by Crippen LogP contribution is 2.23. The average molecular weight is 393 g/mol. The second-order valence-electron chi connectivity index (χ2n) is 5.07. The summed E-state index contributed by atoms with van der Waals surface area (Å²) in [6.45, 7) is 3.71. The lowest BCUT2D eigenvalue weighted by atomic mass is 10.2. The molecule has 0 unspecified atom stereocenters. The minimum atomic E-state index is -0.677. The highest BCUT2D eigenvalue weighted by atomic mass is 35.5. The first-order valence-corrected chi connectivity index (χ1v) is 8.73. The number of anilines is 2. The lowest BCUT2D eigenvalue weighted by Gasteiger charge is -2.14. The molecule has 0 radical (unpaired) electrons. The van der Waals surface area contributed by atoms with Crippen LogP contribution in [0.1, 0.15) is 19.5 Å². The normalized spacial score (nSPS) is 11.0. The van der Waals surface area contributed by atoms with Crippen LogP contribution < -0.4 is 10.2 Å². The number of amides is 2. The maximum atomic E-state index is 13.2. The molecule has 6 nitrogen and oxygen atoms in total. The molecule has 2 aromatic rings. The van der Waals surface area contributed by atoms with E-state index in [0.29, 0.717) is 17.4 Å². The Kier molecular flexibility index (Phi) is 6.44. The Labute approximate surface area is 158 Å². The smallest absolute Gasteiger partial charge is 0.266 e. The molecule has 0 spiro atoms. The molecule has 0 saturated carbocycles. The summed E-state index contributed by atoms with van der Waals surface area (Å²) in [5.41, 5.74) is 0.456. The van der Waals surface area contributed by atoms with Crippen molar-refractivity contribution in [3.63, 3.8) is 0 Å². The van der Waals surface area contributed by atoms with Gasteiger partial charge in [-0.3, -0.25) is 14.5 Å². The second kappa shape index (κ2) is 8.56. The molecule has 134 valence electrons. The van der Waals surface area contributed by atoms with Crippen LogP contribution in [0.4, 0.5) is 15.2 Å². The topological polar surface area (TPSA) is 86.1 Å². The molecule has 0 atom stereocenters. The van der Waals surface area contributed by atoms with E-state index >= 15 is 0 Å². The van der Waals surface area contributed by atoms with Gasteiger partial charge in [0, 0.05) is 24.5 Å². The van der Waals surface area contributed by atoms with Gasteiger partial charge in [0.05, 0.1) is 10.7 Å². The molecule has 0 bridgehead atoms. The Morgan fingerprint density at radius 2 is 2.23 bits per heavy atom. The molecule has 9 heteroatoms. The fourth-order valence-corrected chi connectivity index (χ4v) is 3.10. The lowest BCUT2D eigenvalue weighted by molar-refractivity contribution is -0.116. The number of nitrogens with zero attached hydrogens (tertiary/aromatic N) is 3. The number of nitrogens with one attached hydrogen (secondary N) is 1. The van der Waals surface area contributed by atoms with Gasteiger partial charge in [0.1, 0.15) is 17.5 Å². The zero-order valence-corrected chi connectivity index (χ0v) is 15.5. The quantitative estimate of drug-likeness (QED) is 0.618. The fraction of sp³-hybridized carbons (Fsp3) is 0.176. The number of halogens is 2. The first-order chi connectivity index (χ1) is 12.3. The van der Waals surface area contributed by atoms with E-state index in [9.17, 15) is 19.2 Å². The van der Waals surface area contributed by atoms with Crippen molar-refractivity contribution in [3.8, 4) is 6.07 Å². The van der Waals surface area contributed by atoms with Crippen LogP contribution in [0.3, 0.4) is 0 Å². The van der Waals surface area contributed by atoms with Gasteiger partial charge in [0.2, 0.25) is 5.91 Å². The monoisotopic (exact) mass is 392 g/mol. The van der Waals surface area contributed by atoms with Crippen LogP contribution in [0, 0.1) is 17.1 Å². The molecule has 0 aliphatic rings. The SMILES string of the molecule is CCN(C(C)=O)c1nc(/C=C(\C#N)C(=O)Nc2ccc(F)c(Cl)c2)cs1. The van der Waals surface area contributed by atoms with E-state index in [-0.39, 0.29) is 22.2 Å². The maximum absolute atomic E-state index is 13.2. The third kappa shape index (κ3) is 4.65. The van der Waals surface area contributed by atoms with Gasteiger partial charge in [0.15, 0.2) is 5.13 Å². The van der Waals surface area contributed by atoms with Crippen LogP contribution in [-0.4, -0.2) is 23.3 Å². The van der Waals surface area contributed by atoms with Crippen molar-refractivity contribution in [3.05, 3.63) is 45.7 Å². The lowest BCUT2D eigenvalue weighted by Crippen LogP contribution is -2.27. The number of thiazole rings is 1. The van der Waals surface area contributed by atoms with Crippen LogP contribution in [0.15, 0.2) is 29.2 Å². The van der Waals surface area contributed by atoms with Crippen LogP contribution >= 0.6 is 22.9 Å². The fourth-order valence-electron chi connectivity index (χ4n) is 2.03. The van der Waals surface area contributed by atoms with Crippen molar-refractivity contribution in [1.82, 2.24) is 4.98 Å². The summed E-state index contributed by atoms with van der Waals surface area (Å²) < 4.78 is 13.2. The first-order valence-electron chi connectivity index (χ1n) is 7.47.